The highest BCUT2D eigenvalue weighted by atomic mass is 28.4. The number of hydrogen-bond donors (Lipinski definition) is 1. The van der Waals surface area contributed by atoms with Gasteiger partial charge >= 0.3 is 18.0 Å². The molecule has 2 atom stereocenters. The Balaban J connectivity index is 1.96. The van der Waals surface area contributed by atoms with Gasteiger partial charge in [-0.3, -0.25) is 9.69 Å². The Labute approximate surface area is 304 Å². The molecule has 0 aliphatic carbocycles. The SMILES string of the molecule is COC(=O)c1ccc(C2C(C(=O)OC(C)(C)C)NCCN2Cc2cc3cc(OC)cc(C)c3n2C(=O)OC(C)(C)C)c(O[Si](C)(C)C(C)(C)C)c1. The summed E-state index contributed by atoms with van der Waals surface area (Å²) in [7, 11) is 0.498. The van der Waals surface area contributed by atoms with E-state index in [-0.39, 0.29) is 11.6 Å². The lowest BCUT2D eigenvalue weighted by Gasteiger charge is -2.43. The van der Waals surface area contributed by atoms with E-state index in [0.29, 0.717) is 41.4 Å². The van der Waals surface area contributed by atoms with Crippen LogP contribution in [0.3, 0.4) is 0 Å². The molecule has 0 saturated carbocycles. The highest BCUT2D eigenvalue weighted by molar-refractivity contribution is 6.74. The quantitative estimate of drug-likeness (QED) is 0.140. The predicted octanol–water partition coefficient (Wildman–Crippen LogP) is 7.77. The van der Waals surface area contributed by atoms with Crippen LogP contribution in [-0.2, 0) is 25.5 Å². The van der Waals surface area contributed by atoms with Crippen molar-refractivity contribution in [1.82, 2.24) is 14.8 Å². The molecular formula is C39H57N3O8Si. The van der Waals surface area contributed by atoms with Crippen LogP contribution in [0.1, 0.15) is 95.5 Å². The van der Waals surface area contributed by atoms with E-state index in [1.807, 2.05) is 72.7 Å². The highest BCUT2D eigenvalue weighted by Gasteiger charge is 2.44. The van der Waals surface area contributed by atoms with E-state index in [9.17, 15) is 14.4 Å². The number of benzene rings is 2. The molecule has 1 aromatic heterocycles. The molecule has 2 aromatic carbocycles. The molecule has 12 heteroatoms. The molecule has 51 heavy (non-hydrogen) atoms. The van der Waals surface area contributed by atoms with Gasteiger partial charge < -0.3 is 28.7 Å². The molecule has 1 aliphatic heterocycles. The summed E-state index contributed by atoms with van der Waals surface area (Å²) in [5.74, 6) is 0.276. The first kappa shape index (κ1) is 39.9. The Morgan fingerprint density at radius 1 is 0.902 bits per heavy atom. The van der Waals surface area contributed by atoms with Crippen molar-refractivity contribution in [2.24, 2.45) is 0 Å². The van der Waals surface area contributed by atoms with Gasteiger partial charge in [-0.2, -0.15) is 0 Å². The van der Waals surface area contributed by atoms with Crippen LogP contribution in [-0.4, -0.2) is 80.4 Å². The normalized spacial score (nSPS) is 17.6. The maximum absolute atomic E-state index is 14.0. The average molecular weight is 724 g/mol. The third-order valence-electron chi connectivity index (χ3n) is 9.37. The summed E-state index contributed by atoms with van der Waals surface area (Å²) in [6, 6.07) is 9.62. The minimum absolute atomic E-state index is 0.159. The summed E-state index contributed by atoms with van der Waals surface area (Å²) in [5.41, 5.74) is 1.85. The van der Waals surface area contributed by atoms with E-state index in [2.05, 4.69) is 44.1 Å². The van der Waals surface area contributed by atoms with Crippen molar-refractivity contribution >= 4 is 37.3 Å². The van der Waals surface area contributed by atoms with Crippen molar-refractivity contribution in [3.63, 3.8) is 0 Å². The molecule has 1 aliphatic rings. The maximum atomic E-state index is 14.0. The second-order valence-electron chi connectivity index (χ2n) is 16.8. The van der Waals surface area contributed by atoms with Gasteiger partial charge in [0.25, 0.3) is 0 Å². The van der Waals surface area contributed by atoms with Crippen molar-refractivity contribution in [2.75, 3.05) is 27.3 Å². The summed E-state index contributed by atoms with van der Waals surface area (Å²) >= 11 is 0. The number of nitrogens with one attached hydrogen (secondary N) is 1. The molecule has 2 heterocycles. The van der Waals surface area contributed by atoms with Crippen LogP contribution in [0.5, 0.6) is 11.5 Å². The van der Waals surface area contributed by atoms with E-state index in [0.717, 1.165) is 16.5 Å². The van der Waals surface area contributed by atoms with E-state index in [1.54, 1.807) is 23.8 Å². The van der Waals surface area contributed by atoms with Gasteiger partial charge in [0.1, 0.15) is 28.7 Å². The maximum Gasteiger partial charge on any atom is 0.419 e. The Kier molecular flexibility index (Phi) is 11.4. The number of ether oxygens (including phenoxy) is 4. The molecule has 0 radical (unpaired) electrons. The van der Waals surface area contributed by atoms with Crippen molar-refractivity contribution in [3.05, 3.63) is 58.8 Å². The van der Waals surface area contributed by atoms with Gasteiger partial charge in [0.15, 0.2) is 0 Å². The van der Waals surface area contributed by atoms with Crippen LogP contribution in [0.25, 0.3) is 10.9 Å². The van der Waals surface area contributed by atoms with Crippen molar-refractivity contribution in [3.8, 4) is 11.5 Å². The predicted molar refractivity (Wildman–Crippen MR) is 201 cm³/mol. The van der Waals surface area contributed by atoms with Crippen LogP contribution in [0.15, 0.2) is 36.4 Å². The summed E-state index contributed by atoms with van der Waals surface area (Å²) in [4.78, 5) is 43.0. The summed E-state index contributed by atoms with van der Waals surface area (Å²) in [6.07, 6.45) is -0.500. The molecule has 0 bridgehead atoms. The fraction of sp³-hybridized carbons (Fsp3) is 0.564. The Morgan fingerprint density at radius 3 is 2.12 bits per heavy atom. The number of carbonyl (C=O) groups is 3. The summed E-state index contributed by atoms with van der Waals surface area (Å²) < 4.78 is 31.1. The third-order valence-corrected chi connectivity index (χ3v) is 13.7. The van der Waals surface area contributed by atoms with Gasteiger partial charge in [-0.25, -0.2) is 14.2 Å². The van der Waals surface area contributed by atoms with Gasteiger partial charge in [-0.05, 0) is 102 Å². The average Bonchev–Trinajstić information content (AvgIpc) is 3.36. The van der Waals surface area contributed by atoms with E-state index in [1.165, 1.54) is 7.11 Å². The number of hydrogen-bond acceptors (Lipinski definition) is 10. The number of carbonyl (C=O) groups excluding carboxylic acids is 3. The lowest BCUT2D eigenvalue weighted by Crippen LogP contribution is -2.57. The minimum Gasteiger partial charge on any atom is -0.543 e. The van der Waals surface area contributed by atoms with Crippen molar-refractivity contribution in [2.45, 2.75) is 117 Å². The van der Waals surface area contributed by atoms with Crippen LogP contribution < -0.4 is 14.5 Å². The Bertz CT molecular complexity index is 1780. The summed E-state index contributed by atoms with van der Waals surface area (Å²) in [5, 5.41) is 4.09. The van der Waals surface area contributed by atoms with Gasteiger partial charge in [0.2, 0.25) is 8.32 Å². The molecule has 0 amide bonds. The molecule has 3 aromatic rings. The Morgan fingerprint density at radius 2 is 1.55 bits per heavy atom. The number of fused-ring (bicyclic) bond motifs is 1. The standard InChI is InChI=1S/C39H57N3O8Si/c1-24-19-28(46-11)21-26-20-27(42(32(24)26)36(45)49-38(5,6)7)23-41-18-17-40-31(35(44)48-37(2,3)4)33(41)29-16-15-25(34(43)47-12)22-30(29)50-51(13,14)39(8,9)10/h15-16,19-22,31,33,40H,17-18,23H2,1-14H3. The van der Waals surface area contributed by atoms with Gasteiger partial charge in [-0.1, -0.05) is 26.8 Å². The first-order valence-corrected chi connectivity index (χ1v) is 20.4. The number of methoxy groups -OCH3 is 2. The molecule has 2 unspecified atom stereocenters. The second kappa shape index (κ2) is 14.6. The molecule has 1 fully saturated rings. The first-order chi connectivity index (χ1) is 23.5. The Hall–Kier alpha value is -3.87. The smallest absolute Gasteiger partial charge is 0.419 e. The van der Waals surface area contributed by atoms with Gasteiger partial charge in [-0.15, -0.1) is 0 Å². The molecule has 280 valence electrons. The van der Waals surface area contributed by atoms with Crippen molar-refractivity contribution < 1.29 is 37.8 Å². The van der Waals surface area contributed by atoms with Crippen LogP contribution in [0.2, 0.25) is 18.1 Å². The van der Waals surface area contributed by atoms with Crippen LogP contribution >= 0.6 is 0 Å². The summed E-state index contributed by atoms with van der Waals surface area (Å²) in [6.45, 7) is 25.0. The number of piperazine rings is 1. The van der Waals surface area contributed by atoms with Crippen LogP contribution in [0.4, 0.5) is 4.79 Å². The molecular weight excluding hydrogens is 667 g/mol. The lowest BCUT2D eigenvalue weighted by atomic mass is 9.93. The largest absolute Gasteiger partial charge is 0.543 e. The van der Waals surface area contributed by atoms with Gasteiger partial charge in [0.05, 0.1) is 31.3 Å². The van der Waals surface area contributed by atoms with Gasteiger partial charge in [0, 0.05) is 36.3 Å². The van der Waals surface area contributed by atoms with E-state index >= 15 is 0 Å². The number of rotatable bonds is 8. The first-order valence-electron chi connectivity index (χ1n) is 17.5. The number of aromatic nitrogens is 1. The zero-order chi connectivity index (χ0) is 38.3. The topological polar surface area (TPSA) is 118 Å². The molecule has 4 rings (SSSR count). The molecule has 0 spiro atoms. The lowest BCUT2D eigenvalue weighted by molar-refractivity contribution is -0.161. The fourth-order valence-corrected chi connectivity index (χ4v) is 7.06. The molecule has 11 nitrogen and oxygen atoms in total. The van der Waals surface area contributed by atoms with E-state index < -0.39 is 49.6 Å². The van der Waals surface area contributed by atoms with E-state index in [4.69, 9.17) is 23.4 Å². The highest BCUT2D eigenvalue weighted by Crippen LogP contribution is 2.42. The van der Waals surface area contributed by atoms with Crippen molar-refractivity contribution in [1.29, 1.82) is 0 Å². The third kappa shape index (κ3) is 9.14. The fourth-order valence-electron chi connectivity index (χ4n) is 6.03. The minimum atomic E-state index is -2.46. The zero-order valence-electron chi connectivity index (χ0n) is 32.9. The molecule has 1 N–H and O–H groups in total. The van der Waals surface area contributed by atoms with Crippen LogP contribution in [0, 0.1) is 6.92 Å². The number of nitrogens with zero attached hydrogens (tertiary/aromatic N) is 2. The number of esters is 2. The number of aryl methyl sites for hydroxylation is 1. The zero-order valence-corrected chi connectivity index (χ0v) is 33.9. The monoisotopic (exact) mass is 723 g/mol. The molecule has 1 saturated heterocycles. The second-order valence-corrected chi connectivity index (χ2v) is 21.5.